The highest BCUT2D eigenvalue weighted by atomic mass is 16.8. The van der Waals surface area contributed by atoms with Gasteiger partial charge >= 0.3 is 5.97 Å². The lowest BCUT2D eigenvalue weighted by molar-refractivity contribution is -0.783. The third-order valence-electron chi connectivity index (χ3n) is 1.59. The first-order chi connectivity index (χ1) is 12.3. The summed E-state index contributed by atoms with van der Waals surface area (Å²) in [5, 5.41) is 14.4. The molecule has 244 valence electrons. The fourth-order valence-corrected chi connectivity index (χ4v) is 0.182. The average Bonchev–Trinajstić information content (AvgIpc) is 2.57. The monoisotopic (exact) mass is 561 g/mol. The summed E-state index contributed by atoms with van der Waals surface area (Å²) in [4.78, 5) is 52.7. The molecule has 0 saturated heterocycles. The minimum Gasteiger partial charge on any atom is -0.481 e. The van der Waals surface area contributed by atoms with Crippen molar-refractivity contribution >= 4 is 23.5 Å². The van der Waals surface area contributed by atoms with Crippen molar-refractivity contribution < 1.29 is 43.9 Å². The number of aliphatic hydroxyl groups is 1. The van der Waals surface area contributed by atoms with E-state index in [9.17, 15) is 19.3 Å². The summed E-state index contributed by atoms with van der Waals surface area (Å²) in [6.45, 7) is 11.5. The smallest absolute Gasteiger partial charge is 0.302 e. The Bertz CT molecular complexity index is 338. The maximum Gasteiger partial charge on any atom is 0.302 e. The van der Waals surface area contributed by atoms with E-state index in [0.29, 0.717) is 24.4 Å². The second-order valence-corrected chi connectivity index (χ2v) is 4.18. The number of aliphatic carboxylic acids is 1. The molecule has 10 heteroatoms. The molecule has 0 fully saturated rings. The predicted octanol–water partition coefficient (Wildman–Crippen LogP) is 8.56. The van der Waals surface area contributed by atoms with Crippen molar-refractivity contribution in [1.29, 1.82) is 0 Å². The summed E-state index contributed by atoms with van der Waals surface area (Å²) in [5.41, 5.74) is 0. The molecule has 0 radical (unpaired) electrons. The van der Waals surface area contributed by atoms with E-state index in [1.165, 1.54) is 21.1 Å². The minimum atomic E-state index is -0.833. The van der Waals surface area contributed by atoms with Gasteiger partial charge in [0.2, 0.25) is 12.0 Å². The first kappa shape index (κ1) is 113. The number of esters is 1. The van der Waals surface area contributed by atoms with E-state index in [1.807, 2.05) is 13.8 Å². The van der Waals surface area contributed by atoms with Gasteiger partial charge in [-0.15, -0.1) is 0 Å². The van der Waals surface area contributed by atoms with Gasteiger partial charge in [0.15, 0.2) is 6.61 Å². The van der Waals surface area contributed by atoms with Crippen LogP contribution in [0, 0.1) is 4.91 Å². The summed E-state index contributed by atoms with van der Waals surface area (Å²) in [7, 11) is 3.66. The predicted molar refractivity (Wildman–Crippen MR) is 170 cm³/mol. The first-order valence-electron chi connectivity index (χ1n) is 8.03. The number of carboxylic acids is 1. The number of carbonyl (C=O) groups excluding carboxylic acids is 3. The van der Waals surface area contributed by atoms with Crippen molar-refractivity contribution in [3.05, 3.63) is 4.91 Å². The Balaban J connectivity index is -0.00000000984. The number of nitrogens with zero attached hydrogens (tertiary/aromatic N) is 1. The molecular weight excluding hydrogens is 482 g/mol. The zero-order valence-corrected chi connectivity index (χ0v) is 18.3. The first-order valence-corrected chi connectivity index (χ1v) is 8.03. The lowest BCUT2D eigenvalue weighted by Gasteiger charge is -1.80. The summed E-state index contributed by atoms with van der Waals surface area (Å²) in [6, 6.07) is 0. The number of carboxylic acid groups (broad SMARTS) is 1. The number of ketones is 2. The highest BCUT2D eigenvalue weighted by Crippen LogP contribution is 1.72. The molecule has 0 aliphatic carbocycles. The number of hydrogen-bond acceptors (Lipinski definition) is 8. The molecule has 0 aromatic heterocycles. The number of methoxy groups -OCH3 is 1. The van der Waals surface area contributed by atoms with Crippen molar-refractivity contribution in [3.8, 4) is 0 Å². The largest absolute Gasteiger partial charge is 0.481 e. The molecular formula is C27H78NO9+. The average molecular weight is 561 g/mol. The summed E-state index contributed by atoms with van der Waals surface area (Å²) in [5.74, 6) is -0.569. The van der Waals surface area contributed by atoms with Crippen LogP contribution in [0.4, 0.5) is 0 Å². The zero-order chi connectivity index (χ0) is 23.4. The van der Waals surface area contributed by atoms with Crippen LogP contribution in [0.3, 0.4) is 0 Å². The summed E-state index contributed by atoms with van der Waals surface area (Å²) >= 11 is 0. The van der Waals surface area contributed by atoms with E-state index in [0.717, 1.165) is 14.0 Å². The maximum atomic E-state index is 9.81. The van der Waals surface area contributed by atoms with Crippen molar-refractivity contribution in [2.75, 3.05) is 27.9 Å². The normalized spacial score (nSPS) is 5.05. The van der Waals surface area contributed by atoms with Gasteiger partial charge in [-0.1, -0.05) is 88.1 Å². The lowest BCUT2D eigenvalue weighted by Crippen LogP contribution is -2.00. The van der Waals surface area contributed by atoms with Crippen LogP contribution in [0.2, 0.25) is 0 Å². The van der Waals surface area contributed by atoms with Gasteiger partial charge in [0, 0.05) is 33.8 Å². The third-order valence-corrected chi connectivity index (χ3v) is 1.59. The van der Waals surface area contributed by atoms with Gasteiger partial charge in [0.1, 0.15) is 11.6 Å². The maximum absolute atomic E-state index is 9.81. The van der Waals surface area contributed by atoms with E-state index >= 15 is 0 Å². The van der Waals surface area contributed by atoms with E-state index in [1.54, 1.807) is 20.8 Å². The quantitative estimate of drug-likeness (QED) is 0.255. The molecule has 0 unspecified atom stereocenters. The van der Waals surface area contributed by atoms with Gasteiger partial charge in [0.25, 0.3) is 5.97 Å². The fourth-order valence-electron chi connectivity index (χ4n) is 0.182. The topological polar surface area (TPSA) is 147 Å². The molecule has 0 spiro atoms. The standard InChI is InChI=1S/2C4H8O.C3H8NO2.C3H6O2.C2H4O2.CH4O.10CH4/c2*1-3-4(2)5;1-3-6-4(2)5;1-3(4)5-2;1-2(3)4;1-2;;;;;;;;;;/h2*3H2,1-2H3;3H2,1-2H3;1-2H3;1H3,(H,3,4);2H,1H3;10*1H4/q;;+1;;;;;;;;;;;;;. The molecule has 0 aliphatic heterocycles. The Hall–Kier alpha value is -2.36. The number of carbonyl (C=O) groups is 4. The Morgan fingerprint density at radius 2 is 0.784 bits per heavy atom. The summed E-state index contributed by atoms with van der Waals surface area (Å²) < 4.78 is 4.11. The number of ether oxygens (including phenoxy) is 1. The van der Waals surface area contributed by atoms with Crippen LogP contribution in [0.15, 0.2) is 0 Å². The number of aliphatic hydroxyl groups excluding tert-OH is 1. The molecule has 2 N–H and O–H groups in total. The Morgan fingerprint density at radius 3 is 0.784 bits per heavy atom. The van der Waals surface area contributed by atoms with Crippen LogP contribution in [0.1, 0.15) is 136 Å². The number of Topliss-reactive ketones (excluding diaryl/α,β-unsaturated/α-hetero) is 2. The van der Waals surface area contributed by atoms with Crippen molar-refractivity contribution in [1.82, 2.24) is 0 Å². The van der Waals surface area contributed by atoms with Crippen molar-refractivity contribution in [2.45, 2.75) is 136 Å². The van der Waals surface area contributed by atoms with Gasteiger partial charge in [-0.25, -0.2) is 4.84 Å². The molecule has 0 amide bonds. The molecule has 10 nitrogen and oxygen atoms in total. The number of hydrogen-bond donors (Lipinski definition) is 2. The molecule has 0 bridgehead atoms. The fraction of sp³-hybridized carbons (Fsp3) is 0.852. The van der Waals surface area contributed by atoms with Gasteiger partial charge in [0.05, 0.1) is 12.0 Å². The minimum absolute atomic E-state index is 0. The van der Waals surface area contributed by atoms with Crippen molar-refractivity contribution in [2.24, 2.45) is 0 Å². The number of rotatable bonds is 4. The van der Waals surface area contributed by atoms with E-state index in [-0.39, 0.29) is 91.8 Å². The second kappa shape index (κ2) is 115. The Labute approximate surface area is 236 Å². The second-order valence-electron chi connectivity index (χ2n) is 4.18. The van der Waals surface area contributed by atoms with Crippen LogP contribution in [0.25, 0.3) is 0 Å². The van der Waals surface area contributed by atoms with Gasteiger partial charge in [-0.2, -0.15) is 0 Å². The highest BCUT2D eigenvalue weighted by Gasteiger charge is 1.88. The van der Waals surface area contributed by atoms with Gasteiger partial charge in [-0.3, -0.25) is 9.59 Å². The molecule has 0 saturated carbocycles. The molecule has 0 heterocycles. The molecule has 0 atom stereocenters. The zero-order valence-electron chi connectivity index (χ0n) is 18.3. The Morgan fingerprint density at radius 1 is 0.649 bits per heavy atom. The van der Waals surface area contributed by atoms with Crippen LogP contribution in [-0.4, -0.2) is 66.5 Å². The lowest BCUT2D eigenvalue weighted by atomic mass is 10.4. The van der Waals surface area contributed by atoms with Gasteiger partial charge < -0.3 is 24.5 Å². The van der Waals surface area contributed by atoms with E-state index in [4.69, 9.17) is 15.0 Å². The molecule has 0 aromatic carbocycles. The summed E-state index contributed by atoms with van der Waals surface area (Å²) in [6.07, 6.45) is 1.33. The van der Waals surface area contributed by atoms with Crippen LogP contribution < -0.4 is 0 Å². The van der Waals surface area contributed by atoms with E-state index < -0.39 is 5.97 Å². The molecule has 37 heavy (non-hydrogen) atoms. The van der Waals surface area contributed by atoms with Crippen LogP contribution >= 0.6 is 0 Å². The van der Waals surface area contributed by atoms with Crippen LogP contribution in [0.5, 0.6) is 0 Å². The van der Waals surface area contributed by atoms with E-state index in [2.05, 4.69) is 9.57 Å². The van der Waals surface area contributed by atoms with Gasteiger partial charge in [-0.05, 0) is 20.8 Å². The molecule has 0 aliphatic rings. The highest BCUT2D eigenvalue weighted by molar-refractivity contribution is 5.75. The molecule has 0 aromatic rings. The third kappa shape index (κ3) is 764. The Kier molecular flexibility index (Phi) is 351. The van der Waals surface area contributed by atoms with Crippen molar-refractivity contribution in [3.63, 3.8) is 0 Å². The SMILES string of the molecule is C.C.C.C.C.C.C.C.C.C.CC(=O)O.CCC(C)=O.CCC(C)=O.CCO[N+](C)=O.CO.COC(C)=O. The van der Waals surface area contributed by atoms with Crippen LogP contribution in [-0.2, 0) is 28.8 Å². The molecule has 0 rings (SSSR count).